The second-order valence-corrected chi connectivity index (χ2v) is 8.70. The molecule has 0 aliphatic carbocycles. The monoisotopic (exact) mass is 546 g/mol. The number of nitrogens with one attached hydrogen (secondary N) is 1. The minimum atomic E-state index is -0.0836. The van der Waals surface area contributed by atoms with Crippen LogP contribution in [0, 0.1) is 5.92 Å². The number of carbonyl (C=O) groups is 1. The van der Waals surface area contributed by atoms with Gasteiger partial charge in [-0.1, -0.05) is 12.1 Å². The second-order valence-electron chi connectivity index (χ2n) is 7.47. The lowest BCUT2D eigenvalue weighted by Gasteiger charge is -2.34. The molecule has 30 heavy (non-hydrogen) atoms. The molecule has 1 aromatic rings. The van der Waals surface area contributed by atoms with Crippen LogP contribution in [0.2, 0.25) is 0 Å². The summed E-state index contributed by atoms with van der Waals surface area (Å²) in [5.41, 5.74) is 2.51. The predicted octanol–water partition coefficient (Wildman–Crippen LogP) is 3.60. The molecule has 1 unspecified atom stereocenters. The molecule has 8 heteroatoms. The number of aliphatic imine (C=N–C) groups is 1. The smallest absolute Gasteiger partial charge is 0.310 e. The van der Waals surface area contributed by atoms with Gasteiger partial charge in [-0.25, -0.2) is 4.99 Å². The van der Waals surface area contributed by atoms with Crippen LogP contribution in [0.4, 0.5) is 5.69 Å². The predicted molar refractivity (Wildman–Crippen MR) is 137 cm³/mol. The Hall–Kier alpha value is -1.16. The van der Waals surface area contributed by atoms with Gasteiger partial charge in [0.25, 0.3) is 0 Å². The second kappa shape index (κ2) is 13.3. The summed E-state index contributed by atoms with van der Waals surface area (Å²) in [7, 11) is 0. The summed E-state index contributed by atoms with van der Waals surface area (Å²) in [5, 5.41) is 3.39. The zero-order chi connectivity index (χ0) is 20.5. The van der Waals surface area contributed by atoms with Crippen LogP contribution < -0.4 is 10.2 Å². The van der Waals surface area contributed by atoms with E-state index in [2.05, 4.69) is 46.3 Å². The highest BCUT2D eigenvalue weighted by Gasteiger charge is 2.28. The third-order valence-electron chi connectivity index (χ3n) is 5.40. The number of anilines is 1. The van der Waals surface area contributed by atoms with Gasteiger partial charge in [-0.05, 0) is 44.4 Å². The highest BCUT2D eigenvalue weighted by atomic mass is 127. The van der Waals surface area contributed by atoms with E-state index in [1.165, 1.54) is 22.8 Å². The van der Waals surface area contributed by atoms with Crippen LogP contribution in [0.1, 0.15) is 32.3 Å². The number of guanidine groups is 1. The average molecular weight is 547 g/mol. The number of likely N-dealkylation sites (tertiary alicyclic amines) is 1. The van der Waals surface area contributed by atoms with Gasteiger partial charge < -0.3 is 19.9 Å². The molecule has 1 N–H and O–H groups in total. The van der Waals surface area contributed by atoms with E-state index < -0.39 is 0 Å². The SMILES string of the molecule is CCNC(=NCc1ccc(N2CCSCC2)cc1)N1CCCC(C(=O)OCC)C1.I. The number of nitrogens with zero attached hydrogens (tertiary/aromatic N) is 3. The first-order valence-corrected chi connectivity index (χ1v) is 12.0. The standard InChI is InChI=1S/C22H34N4O2S.HI/c1-3-23-22(26-11-5-6-19(17-26)21(27)28-4-2)24-16-18-7-9-20(10-8-18)25-12-14-29-15-13-25;/h7-10,19H,3-6,11-17H2,1-2H3,(H,23,24);1H. The third kappa shape index (κ3) is 7.21. The van der Waals surface area contributed by atoms with Gasteiger partial charge in [0.15, 0.2) is 5.96 Å². The zero-order valence-electron chi connectivity index (χ0n) is 18.1. The van der Waals surface area contributed by atoms with Crippen LogP contribution in [0.25, 0.3) is 0 Å². The van der Waals surface area contributed by atoms with Crippen molar-refractivity contribution >= 4 is 53.4 Å². The molecule has 0 amide bonds. The highest BCUT2D eigenvalue weighted by molar-refractivity contribution is 14.0. The van der Waals surface area contributed by atoms with Crippen LogP contribution in [0.3, 0.4) is 0 Å². The minimum absolute atomic E-state index is 0. The lowest BCUT2D eigenvalue weighted by atomic mass is 9.98. The maximum Gasteiger partial charge on any atom is 0.310 e. The molecule has 2 fully saturated rings. The lowest BCUT2D eigenvalue weighted by molar-refractivity contribution is -0.149. The summed E-state index contributed by atoms with van der Waals surface area (Å²) in [6, 6.07) is 8.79. The van der Waals surface area contributed by atoms with Crippen molar-refractivity contribution in [3.8, 4) is 0 Å². The Balaban J connectivity index is 0.00000320. The molecule has 1 atom stereocenters. The van der Waals surface area contributed by atoms with Gasteiger partial charge in [-0.2, -0.15) is 11.8 Å². The Labute approximate surface area is 202 Å². The molecule has 168 valence electrons. The fourth-order valence-electron chi connectivity index (χ4n) is 3.85. The average Bonchev–Trinajstić information content (AvgIpc) is 2.78. The molecule has 1 aromatic carbocycles. The number of piperidine rings is 1. The quantitative estimate of drug-likeness (QED) is 0.255. The molecule has 2 aliphatic heterocycles. The molecule has 3 rings (SSSR count). The van der Waals surface area contributed by atoms with Gasteiger partial charge in [0.05, 0.1) is 19.1 Å². The first kappa shape index (κ1) is 25.1. The summed E-state index contributed by atoms with van der Waals surface area (Å²) in [5.74, 6) is 3.16. The van der Waals surface area contributed by atoms with Gasteiger partial charge in [0.1, 0.15) is 0 Å². The molecule has 0 aromatic heterocycles. The van der Waals surface area contributed by atoms with Gasteiger partial charge >= 0.3 is 5.97 Å². The maximum absolute atomic E-state index is 12.2. The third-order valence-corrected chi connectivity index (χ3v) is 6.34. The molecule has 0 saturated carbocycles. The zero-order valence-corrected chi connectivity index (χ0v) is 21.3. The van der Waals surface area contributed by atoms with Crippen molar-refractivity contribution in [1.82, 2.24) is 10.2 Å². The Morgan fingerprint density at radius 2 is 1.93 bits per heavy atom. The number of carbonyl (C=O) groups excluding carboxylic acids is 1. The van der Waals surface area contributed by atoms with Crippen molar-refractivity contribution in [2.45, 2.75) is 33.2 Å². The van der Waals surface area contributed by atoms with Crippen molar-refractivity contribution in [2.75, 3.05) is 55.7 Å². The number of thioether (sulfide) groups is 1. The largest absolute Gasteiger partial charge is 0.466 e. The Kier molecular flexibility index (Phi) is 11.1. The van der Waals surface area contributed by atoms with Crippen LogP contribution in [0.15, 0.2) is 29.3 Å². The molecule has 6 nitrogen and oxygen atoms in total. The van der Waals surface area contributed by atoms with E-state index in [1.807, 2.05) is 18.7 Å². The van der Waals surface area contributed by atoms with Crippen LogP contribution in [-0.4, -0.2) is 67.7 Å². The lowest BCUT2D eigenvalue weighted by Crippen LogP contribution is -2.48. The number of ether oxygens (including phenoxy) is 1. The topological polar surface area (TPSA) is 57.2 Å². The fraction of sp³-hybridized carbons (Fsp3) is 0.636. The molecular formula is C22H35IN4O2S. The van der Waals surface area contributed by atoms with Crippen molar-refractivity contribution in [3.05, 3.63) is 29.8 Å². The van der Waals surface area contributed by atoms with Gasteiger partial charge in [0.2, 0.25) is 0 Å². The number of rotatable bonds is 6. The molecule has 2 saturated heterocycles. The molecule has 2 aliphatic rings. The minimum Gasteiger partial charge on any atom is -0.466 e. The Bertz CT molecular complexity index is 680. The number of hydrogen-bond donors (Lipinski definition) is 1. The first-order chi connectivity index (χ1) is 14.2. The molecular weight excluding hydrogens is 511 g/mol. The van der Waals surface area contributed by atoms with E-state index in [-0.39, 0.29) is 35.9 Å². The molecule has 2 heterocycles. The number of benzene rings is 1. The van der Waals surface area contributed by atoms with E-state index in [0.29, 0.717) is 19.7 Å². The molecule has 0 bridgehead atoms. The normalized spacial score (nSPS) is 19.8. The maximum atomic E-state index is 12.2. The summed E-state index contributed by atoms with van der Waals surface area (Å²) >= 11 is 2.03. The van der Waals surface area contributed by atoms with Crippen LogP contribution >= 0.6 is 35.7 Å². The summed E-state index contributed by atoms with van der Waals surface area (Å²) in [4.78, 5) is 21.7. The van der Waals surface area contributed by atoms with Gasteiger partial charge in [-0.3, -0.25) is 4.79 Å². The van der Waals surface area contributed by atoms with E-state index in [1.54, 1.807) is 0 Å². The Morgan fingerprint density at radius 3 is 2.60 bits per heavy atom. The summed E-state index contributed by atoms with van der Waals surface area (Å²) in [6.07, 6.45) is 1.88. The highest BCUT2D eigenvalue weighted by Crippen LogP contribution is 2.21. The Morgan fingerprint density at radius 1 is 1.20 bits per heavy atom. The summed E-state index contributed by atoms with van der Waals surface area (Å²) < 4.78 is 5.23. The van der Waals surface area contributed by atoms with E-state index in [4.69, 9.17) is 9.73 Å². The van der Waals surface area contributed by atoms with Crippen molar-refractivity contribution < 1.29 is 9.53 Å². The van der Waals surface area contributed by atoms with Crippen LogP contribution in [0.5, 0.6) is 0 Å². The van der Waals surface area contributed by atoms with Crippen molar-refractivity contribution in [3.63, 3.8) is 0 Å². The van der Waals surface area contributed by atoms with E-state index in [0.717, 1.165) is 45.0 Å². The van der Waals surface area contributed by atoms with Crippen molar-refractivity contribution in [2.24, 2.45) is 10.9 Å². The summed E-state index contributed by atoms with van der Waals surface area (Å²) in [6.45, 7) is 9.69. The van der Waals surface area contributed by atoms with E-state index >= 15 is 0 Å². The molecule has 0 spiro atoms. The number of esters is 1. The van der Waals surface area contributed by atoms with E-state index in [9.17, 15) is 4.79 Å². The van der Waals surface area contributed by atoms with Gasteiger partial charge in [-0.15, -0.1) is 24.0 Å². The van der Waals surface area contributed by atoms with Gasteiger partial charge in [0, 0.05) is 49.9 Å². The number of halogens is 1. The first-order valence-electron chi connectivity index (χ1n) is 10.8. The molecule has 0 radical (unpaired) electrons. The number of hydrogen-bond acceptors (Lipinski definition) is 5. The van der Waals surface area contributed by atoms with Crippen LogP contribution in [-0.2, 0) is 16.1 Å². The fourth-order valence-corrected chi connectivity index (χ4v) is 4.75. The van der Waals surface area contributed by atoms with Crippen molar-refractivity contribution in [1.29, 1.82) is 0 Å².